The molecule has 2 unspecified atom stereocenters. The Bertz CT molecular complexity index is 600. The van der Waals surface area contributed by atoms with Crippen molar-refractivity contribution in [3.63, 3.8) is 0 Å². The van der Waals surface area contributed by atoms with E-state index in [1.165, 1.54) is 0 Å². The maximum Gasteiger partial charge on any atom is 0.410 e. The Balaban J connectivity index is 1.65. The maximum atomic E-state index is 12.2. The fraction of sp³-hybridized carbons (Fsp3) is 0.529. The van der Waals surface area contributed by atoms with E-state index in [0.29, 0.717) is 30.7 Å². The van der Waals surface area contributed by atoms with E-state index in [1.807, 2.05) is 49.9 Å². The molecule has 2 bridgehead atoms. The molecule has 0 aliphatic carbocycles. The zero-order chi connectivity index (χ0) is 15.9. The number of hydrogen-bond donors (Lipinski definition) is 0. The third kappa shape index (κ3) is 2.74. The van der Waals surface area contributed by atoms with Crippen molar-refractivity contribution in [1.82, 2.24) is 4.90 Å². The number of nitriles is 1. The van der Waals surface area contributed by atoms with Crippen molar-refractivity contribution >= 4 is 11.8 Å². The minimum atomic E-state index is -0.453. The maximum absolute atomic E-state index is 12.2. The number of piperidine rings is 1. The fourth-order valence-corrected chi connectivity index (χ4v) is 3.21. The van der Waals surface area contributed by atoms with Crippen LogP contribution in [0.3, 0.4) is 0 Å². The van der Waals surface area contributed by atoms with E-state index >= 15 is 0 Å². The number of hydrogen-bond acceptors (Lipinski definition) is 4. The molecule has 1 amide bonds. The van der Waals surface area contributed by atoms with E-state index in [-0.39, 0.29) is 6.09 Å². The number of carbonyl (C=O) groups excluding carboxylic acids is 1. The number of nitrogens with zero attached hydrogens (tertiary/aromatic N) is 3. The summed E-state index contributed by atoms with van der Waals surface area (Å²) in [6, 6.07) is 10.5. The van der Waals surface area contributed by atoms with Crippen molar-refractivity contribution in [2.24, 2.45) is 0 Å². The molecule has 5 nitrogen and oxygen atoms in total. The van der Waals surface area contributed by atoms with Crippen LogP contribution in [0.2, 0.25) is 0 Å². The van der Waals surface area contributed by atoms with Crippen LogP contribution in [0.4, 0.5) is 10.5 Å². The van der Waals surface area contributed by atoms with E-state index in [9.17, 15) is 4.79 Å². The molecule has 3 aliphatic heterocycles. The van der Waals surface area contributed by atoms with Crippen molar-refractivity contribution in [3.8, 4) is 6.07 Å². The summed E-state index contributed by atoms with van der Waals surface area (Å²) in [6.07, 6.45) is 0.890. The lowest BCUT2D eigenvalue weighted by molar-refractivity contribution is 0.00857. The van der Waals surface area contributed by atoms with Crippen LogP contribution in [0.1, 0.15) is 32.8 Å². The Morgan fingerprint density at radius 1 is 1.23 bits per heavy atom. The molecule has 3 fully saturated rings. The Labute approximate surface area is 131 Å². The van der Waals surface area contributed by atoms with Crippen LogP contribution < -0.4 is 4.90 Å². The number of carbonyl (C=O) groups is 1. The molecule has 0 saturated carbocycles. The quantitative estimate of drug-likeness (QED) is 0.800. The second kappa shape index (κ2) is 5.20. The van der Waals surface area contributed by atoms with Gasteiger partial charge in [0, 0.05) is 30.9 Å². The average Bonchev–Trinajstić information content (AvgIpc) is 2.46. The van der Waals surface area contributed by atoms with Gasteiger partial charge in [-0.3, -0.25) is 0 Å². The largest absolute Gasteiger partial charge is 0.444 e. The first-order valence-electron chi connectivity index (χ1n) is 7.64. The van der Waals surface area contributed by atoms with E-state index in [0.717, 1.165) is 12.1 Å². The number of fused-ring (bicyclic) bond motifs is 2. The Morgan fingerprint density at radius 2 is 1.82 bits per heavy atom. The molecule has 116 valence electrons. The number of amides is 1. The SMILES string of the molecule is CC(C)(C)OC(=O)N1CC2CC(C1)N2c1ccc(C#N)cc1. The lowest BCUT2D eigenvalue weighted by Crippen LogP contribution is -2.70. The minimum absolute atomic E-state index is 0.221. The van der Waals surface area contributed by atoms with Crippen molar-refractivity contribution in [1.29, 1.82) is 5.26 Å². The highest BCUT2D eigenvalue weighted by atomic mass is 16.6. The van der Waals surface area contributed by atoms with Crippen LogP contribution in [0, 0.1) is 11.3 Å². The number of anilines is 1. The normalized spacial score (nSPS) is 23.5. The van der Waals surface area contributed by atoms with Crippen LogP contribution in [-0.2, 0) is 4.74 Å². The highest BCUT2D eigenvalue weighted by Gasteiger charge is 2.46. The van der Waals surface area contributed by atoms with Crippen LogP contribution >= 0.6 is 0 Å². The minimum Gasteiger partial charge on any atom is -0.444 e. The predicted molar refractivity (Wildman–Crippen MR) is 83.6 cm³/mol. The molecule has 0 radical (unpaired) electrons. The van der Waals surface area contributed by atoms with E-state index < -0.39 is 5.60 Å². The summed E-state index contributed by atoms with van der Waals surface area (Å²) < 4.78 is 5.45. The Hall–Kier alpha value is -2.22. The molecule has 1 aromatic carbocycles. The van der Waals surface area contributed by atoms with Gasteiger partial charge in [0.05, 0.1) is 11.6 Å². The van der Waals surface area contributed by atoms with Crippen molar-refractivity contribution in [3.05, 3.63) is 29.8 Å². The summed E-state index contributed by atoms with van der Waals surface area (Å²) in [4.78, 5) is 16.3. The Kier molecular flexibility index (Phi) is 3.48. The molecule has 0 N–H and O–H groups in total. The van der Waals surface area contributed by atoms with Gasteiger partial charge in [0.15, 0.2) is 0 Å². The molecule has 3 aliphatic rings. The standard InChI is InChI=1S/C17H21N3O2/c1-17(2,3)22-16(21)19-10-14-8-15(11-19)20(14)13-6-4-12(9-18)5-7-13/h4-7,14-15H,8,10-11H2,1-3H3. The van der Waals surface area contributed by atoms with Gasteiger partial charge in [-0.05, 0) is 51.5 Å². The molecule has 2 atom stereocenters. The molecule has 1 aromatic rings. The zero-order valence-corrected chi connectivity index (χ0v) is 13.2. The van der Waals surface area contributed by atoms with E-state index in [2.05, 4.69) is 11.0 Å². The molecule has 22 heavy (non-hydrogen) atoms. The van der Waals surface area contributed by atoms with Crippen LogP contribution in [-0.4, -0.2) is 41.8 Å². The number of benzene rings is 1. The third-order valence-corrected chi connectivity index (χ3v) is 4.14. The number of rotatable bonds is 1. The first-order chi connectivity index (χ1) is 10.4. The topological polar surface area (TPSA) is 56.6 Å². The summed E-state index contributed by atoms with van der Waals surface area (Å²) in [6.45, 7) is 7.06. The van der Waals surface area contributed by atoms with Gasteiger partial charge in [0.1, 0.15) is 5.60 Å². The predicted octanol–water partition coefficient (Wildman–Crippen LogP) is 2.76. The second-order valence-electron chi connectivity index (χ2n) is 6.99. The van der Waals surface area contributed by atoms with Gasteiger partial charge < -0.3 is 14.5 Å². The lowest BCUT2D eigenvalue weighted by atomic mass is 9.86. The summed E-state index contributed by atoms with van der Waals surface area (Å²) in [5, 5.41) is 8.87. The highest BCUT2D eigenvalue weighted by molar-refractivity contribution is 5.69. The van der Waals surface area contributed by atoms with Crippen molar-refractivity contribution in [2.75, 3.05) is 18.0 Å². The summed E-state index contributed by atoms with van der Waals surface area (Å²) in [5.74, 6) is 0. The summed E-state index contributed by atoms with van der Waals surface area (Å²) in [5.41, 5.74) is 1.35. The van der Waals surface area contributed by atoms with E-state index in [1.54, 1.807) is 0 Å². The van der Waals surface area contributed by atoms with Crippen molar-refractivity contribution in [2.45, 2.75) is 44.9 Å². The number of piperazine rings is 1. The number of ether oxygens (including phenoxy) is 1. The van der Waals surface area contributed by atoms with Gasteiger partial charge in [-0.2, -0.15) is 5.26 Å². The summed E-state index contributed by atoms with van der Waals surface area (Å²) in [7, 11) is 0. The van der Waals surface area contributed by atoms with Gasteiger partial charge >= 0.3 is 6.09 Å². The van der Waals surface area contributed by atoms with E-state index in [4.69, 9.17) is 10.00 Å². The van der Waals surface area contributed by atoms with Gasteiger partial charge in [-0.25, -0.2) is 4.79 Å². The van der Waals surface area contributed by atoms with Crippen LogP contribution in [0.5, 0.6) is 0 Å². The molecule has 3 heterocycles. The second-order valence-corrected chi connectivity index (χ2v) is 6.99. The molecule has 4 rings (SSSR count). The summed E-state index contributed by atoms with van der Waals surface area (Å²) >= 11 is 0. The average molecular weight is 299 g/mol. The monoisotopic (exact) mass is 299 g/mol. The van der Waals surface area contributed by atoms with Gasteiger partial charge in [0.25, 0.3) is 0 Å². The van der Waals surface area contributed by atoms with Crippen LogP contribution in [0.15, 0.2) is 24.3 Å². The fourth-order valence-electron chi connectivity index (χ4n) is 3.21. The van der Waals surface area contributed by atoms with Gasteiger partial charge in [-0.15, -0.1) is 0 Å². The Morgan fingerprint density at radius 3 is 2.32 bits per heavy atom. The highest BCUT2D eigenvalue weighted by Crippen LogP contribution is 2.37. The first-order valence-corrected chi connectivity index (χ1v) is 7.64. The zero-order valence-electron chi connectivity index (χ0n) is 13.2. The smallest absolute Gasteiger partial charge is 0.410 e. The van der Waals surface area contributed by atoms with Crippen molar-refractivity contribution < 1.29 is 9.53 Å². The van der Waals surface area contributed by atoms with Gasteiger partial charge in [-0.1, -0.05) is 0 Å². The molecular formula is C17H21N3O2. The van der Waals surface area contributed by atoms with Crippen LogP contribution in [0.25, 0.3) is 0 Å². The molecule has 5 heteroatoms. The molecule has 0 aromatic heterocycles. The molecular weight excluding hydrogens is 278 g/mol. The molecule has 3 saturated heterocycles. The lowest BCUT2D eigenvalue weighted by Gasteiger charge is -2.57. The van der Waals surface area contributed by atoms with Gasteiger partial charge in [0.2, 0.25) is 0 Å². The first kappa shape index (κ1) is 14.7. The third-order valence-electron chi connectivity index (χ3n) is 4.14. The molecule has 0 spiro atoms.